The topological polar surface area (TPSA) is 52.7 Å². The fourth-order valence-electron chi connectivity index (χ4n) is 2.99. The van der Waals surface area contributed by atoms with Crippen molar-refractivity contribution in [3.63, 3.8) is 0 Å². The van der Waals surface area contributed by atoms with E-state index < -0.39 is 17.6 Å². The average Bonchev–Trinajstić information content (AvgIpc) is 2.68. The Balaban J connectivity index is 1.70. The number of anilines is 1. The minimum Gasteiger partial charge on any atom is -0.336 e. The maximum Gasteiger partial charge on any atom is 0.418 e. The molecule has 1 saturated heterocycles. The largest absolute Gasteiger partial charge is 0.418 e. The summed E-state index contributed by atoms with van der Waals surface area (Å²) >= 11 is 0. The van der Waals surface area contributed by atoms with Gasteiger partial charge in [0.15, 0.2) is 0 Å². The maximum atomic E-state index is 13.0. The molecule has 5 nitrogen and oxygen atoms in total. The summed E-state index contributed by atoms with van der Waals surface area (Å²) in [4.78, 5) is 28.7. The zero-order valence-electron chi connectivity index (χ0n) is 15.3. The summed E-state index contributed by atoms with van der Waals surface area (Å²) in [6, 6.07) is 10.7. The Bertz CT molecular complexity index is 858. The van der Waals surface area contributed by atoms with Crippen molar-refractivity contribution in [2.24, 2.45) is 0 Å². The summed E-state index contributed by atoms with van der Waals surface area (Å²) < 4.78 is 39.1. The number of piperazine rings is 1. The molecular formula is C20H20F3N3O2. The Hall–Kier alpha value is -2.87. The van der Waals surface area contributed by atoms with Gasteiger partial charge in [-0.3, -0.25) is 9.59 Å². The number of carbonyl (C=O) groups excluding carboxylic acids is 2. The van der Waals surface area contributed by atoms with Crippen LogP contribution in [0.3, 0.4) is 0 Å². The van der Waals surface area contributed by atoms with E-state index in [4.69, 9.17) is 0 Å². The number of rotatable bonds is 3. The predicted octanol–water partition coefficient (Wildman–Crippen LogP) is 3.35. The highest BCUT2D eigenvalue weighted by atomic mass is 19.4. The Labute approximate surface area is 160 Å². The van der Waals surface area contributed by atoms with Crippen molar-refractivity contribution < 1.29 is 22.8 Å². The number of nitrogens with one attached hydrogen (secondary N) is 1. The minimum atomic E-state index is -4.57. The number of benzene rings is 2. The van der Waals surface area contributed by atoms with E-state index in [2.05, 4.69) is 10.2 Å². The molecule has 1 heterocycles. The Morgan fingerprint density at radius 2 is 1.46 bits per heavy atom. The Kier molecular flexibility index (Phi) is 5.69. The van der Waals surface area contributed by atoms with Crippen LogP contribution < -0.4 is 5.32 Å². The lowest BCUT2D eigenvalue weighted by Gasteiger charge is -2.32. The number of hydrogen-bond donors (Lipinski definition) is 1. The van der Waals surface area contributed by atoms with Gasteiger partial charge >= 0.3 is 6.18 Å². The van der Waals surface area contributed by atoms with Gasteiger partial charge in [-0.15, -0.1) is 0 Å². The van der Waals surface area contributed by atoms with Crippen LogP contribution in [0.25, 0.3) is 0 Å². The summed E-state index contributed by atoms with van der Waals surface area (Å²) in [5, 5.41) is 2.29. The van der Waals surface area contributed by atoms with Gasteiger partial charge < -0.3 is 15.1 Å². The zero-order valence-corrected chi connectivity index (χ0v) is 15.3. The third-order valence-corrected chi connectivity index (χ3v) is 4.67. The zero-order chi connectivity index (χ0) is 20.3. The fraction of sp³-hybridized carbons (Fsp3) is 0.300. The van der Waals surface area contributed by atoms with E-state index in [1.165, 1.54) is 42.5 Å². The monoisotopic (exact) mass is 391 g/mol. The van der Waals surface area contributed by atoms with E-state index in [-0.39, 0.29) is 17.2 Å². The highest BCUT2D eigenvalue weighted by Gasteiger charge is 2.33. The summed E-state index contributed by atoms with van der Waals surface area (Å²) in [6.45, 7) is 2.85. The fourth-order valence-corrected chi connectivity index (χ4v) is 2.99. The molecule has 2 aromatic rings. The molecule has 0 saturated carbocycles. The number of amides is 2. The van der Waals surface area contributed by atoms with Gasteiger partial charge in [-0.1, -0.05) is 12.1 Å². The lowest BCUT2D eigenvalue weighted by molar-refractivity contribution is -0.136. The summed E-state index contributed by atoms with van der Waals surface area (Å²) in [5.74, 6) is -0.794. The number of para-hydroxylation sites is 1. The molecule has 1 aliphatic rings. The molecule has 1 aliphatic heterocycles. The van der Waals surface area contributed by atoms with Gasteiger partial charge in [0, 0.05) is 37.3 Å². The standard InChI is InChI=1S/C20H20F3N3O2/c1-25-10-12-26(13-11-25)19(28)15-8-6-14(7-9-15)18(27)24-17-5-3-2-4-16(17)20(21,22)23/h2-9H,10-13H2,1H3,(H,24,27). The quantitative estimate of drug-likeness (QED) is 0.873. The van der Waals surface area contributed by atoms with Crippen molar-refractivity contribution in [2.45, 2.75) is 6.18 Å². The highest BCUT2D eigenvalue weighted by Crippen LogP contribution is 2.34. The molecule has 2 aromatic carbocycles. The van der Waals surface area contributed by atoms with Crippen molar-refractivity contribution in [1.82, 2.24) is 9.80 Å². The van der Waals surface area contributed by atoms with Gasteiger partial charge in [0.1, 0.15) is 0 Å². The van der Waals surface area contributed by atoms with Crippen molar-refractivity contribution in [3.05, 3.63) is 65.2 Å². The van der Waals surface area contributed by atoms with Crippen LogP contribution in [0.1, 0.15) is 26.3 Å². The van der Waals surface area contributed by atoms with E-state index in [0.29, 0.717) is 18.7 Å². The van der Waals surface area contributed by atoms with E-state index >= 15 is 0 Å². The first-order chi connectivity index (χ1) is 13.3. The van der Waals surface area contributed by atoms with Crippen molar-refractivity contribution >= 4 is 17.5 Å². The molecule has 0 spiro atoms. The predicted molar refractivity (Wildman–Crippen MR) is 99.2 cm³/mol. The first-order valence-corrected chi connectivity index (χ1v) is 8.81. The summed E-state index contributed by atoms with van der Waals surface area (Å²) in [5.41, 5.74) is -0.605. The third-order valence-electron chi connectivity index (χ3n) is 4.67. The second-order valence-corrected chi connectivity index (χ2v) is 6.67. The minimum absolute atomic E-state index is 0.123. The van der Waals surface area contributed by atoms with Crippen LogP contribution in [-0.2, 0) is 6.18 Å². The van der Waals surface area contributed by atoms with E-state index in [1.807, 2.05) is 7.05 Å². The normalized spacial score (nSPS) is 15.4. The van der Waals surface area contributed by atoms with Crippen LogP contribution in [0.5, 0.6) is 0 Å². The van der Waals surface area contributed by atoms with Gasteiger partial charge in [-0.25, -0.2) is 0 Å². The SMILES string of the molecule is CN1CCN(C(=O)c2ccc(C(=O)Nc3ccccc3C(F)(F)F)cc2)CC1. The first kappa shape index (κ1) is 19.9. The summed E-state index contributed by atoms with van der Waals surface area (Å²) in [7, 11) is 1.99. The molecule has 2 amide bonds. The van der Waals surface area contributed by atoms with Crippen LogP contribution in [-0.4, -0.2) is 54.8 Å². The molecule has 3 rings (SSSR count). The van der Waals surface area contributed by atoms with Gasteiger partial charge in [-0.2, -0.15) is 13.2 Å². The highest BCUT2D eigenvalue weighted by molar-refractivity contribution is 6.05. The lowest BCUT2D eigenvalue weighted by atomic mass is 10.1. The molecular weight excluding hydrogens is 371 g/mol. The molecule has 0 unspecified atom stereocenters. The molecule has 0 atom stereocenters. The van der Waals surface area contributed by atoms with Crippen LogP contribution in [0.2, 0.25) is 0 Å². The Morgan fingerprint density at radius 3 is 2.07 bits per heavy atom. The Morgan fingerprint density at radius 1 is 0.893 bits per heavy atom. The molecule has 0 radical (unpaired) electrons. The number of likely N-dealkylation sites (N-methyl/N-ethyl adjacent to an activating group) is 1. The molecule has 0 bridgehead atoms. The van der Waals surface area contributed by atoms with Crippen LogP contribution in [0.15, 0.2) is 48.5 Å². The molecule has 8 heteroatoms. The number of hydrogen-bond acceptors (Lipinski definition) is 3. The number of nitrogens with zero attached hydrogens (tertiary/aromatic N) is 2. The van der Waals surface area contributed by atoms with Crippen molar-refractivity contribution in [1.29, 1.82) is 0 Å². The maximum absolute atomic E-state index is 13.0. The number of halogens is 3. The number of alkyl halides is 3. The van der Waals surface area contributed by atoms with Gasteiger partial charge in [0.05, 0.1) is 11.3 Å². The molecule has 148 valence electrons. The molecule has 1 fully saturated rings. The average molecular weight is 391 g/mol. The first-order valence-electron chi connectivity index (χ1n) is 8.81. The lowest BCUT2D eigenvalue weighted by Crippen LogP contribution is -2.47. The molecule has 0 aliphatic carbocycles. The van der Waals surface area contributed by atoms with Crippen LogP contribution in [0.4, 0.5) is 18.9 Å². The summed E-state index contributed by atoms with van der Waals surface area (Å²) in [6.07, 6.45) is -4.57. The molecule has 28 heavy (non-hydrogen) atoms. The molecule has 0 aromatic heterocycles. The smallest absolute Gasteiger partial charge is 0.336 e. The van der Waals surface area contributed by atoms with Crippen molar-refractivity contribution in [2.75, 3.05) is 38.5 Å². The van der Waals surface area contributed by atoms with E-state index in [1.54, 1.807) is 4.90 Å². The van der Waals surface area contributed by atoms with Gasteiger partial charge in [0.2, 0.25) is 0 Å². The van der Waals surface area contributed by atoms with Crippen LogP contribution >= 0.6 is 0 Å². The van der Waals surface area contributed by atoms with Gasteiger partial charge in [0.25, 0.3) is 11.8 Å². The van der Waals surface area contributed by atoms with Crippen LogP contribution in [0, 0.1) is 0 Å². The number of carbonyl (C=O) groups is 2. The second-order valence-electron chi connectivity index (χ2n) is 6.67. The van der Waals surface area contributed by atoms with E-state index in [9.17, 15) is 22.8 Å². The second kappa shape index (κ2) is 8.02. The van der Waals surface area contributed by atoms with E-state index in [0.717, 1.165) is 19.2 Å². The van der Waals surface area contributed by atoms with Gasteiger partial charge in [-0.05, 0) is 43.4 Å². The van der Waals surface area contributed by atoms with Crippen molar-refractivity contribution in [3.8, 4) is 0 Å². The third kappa shape index (κ3) is 4.51. The molecule has 1 N–H and O–H groups in total.